The number of benzene rings is 2. The van der Waals surface area contributed by atoms with Crippen molar-refractivity contribution in [3.8, 4) is 11.5 Å². The highest BCUT2D eigenvalue weighted by atomic mass is 16.5. The Balaban J connectivity index is 2.05. The Hall–Kier alpha value is -2.42. The van der Waals surface area contributed by atoms with Crippen molar-refractivity contribution >= 4 is 11.4 Å². The molecule has 0 saturated heterocycles. The molecule has 2 rings (SSSR count). The lowest BCUT2D eigenvalue weighted by Crippen LogP contribution is -1.90. The molecule has 18 heavy (non-hydrogen) atoms. The molecule has 92 valence electrons. The largest absolute Gasteiger partial charge is 0.497 e. The number of nitrogens with one attached hydrogen (secondary N) is 1. The third kappa shape index (κ3) is 3.04. The molecular weight excluding hydrogens is 226 g/mol. The monoisotopic (exact) mass is 241 g/mol. The lowest BCUT2D eigenvalue weighted by Gasteiger charge is -2.08. The van der Waals surface area contributed by atoms with E-state index in [9.17, 15) is 0 Å². The van der Waals surface area contributed by atoms with Crippen LogP contribution in [-0.2, 0) is 0 Å². The van der Waals surface area contributed by atoms with Gasteiger partial charge in [0.25, 0.3) is 0 Å². The molecule has 0 amide bonds. The Bertz CT molecular complexity index is 503. The Morgan fingerprint density at radius 1 is 0.889 bits per heavy atom. The summed E-state index contributed by atoms with van der Waals surface area (Å²) < 4.78 is 10.3. The molecule has 0 bridgehead atoms. The number of anilines is 2. The van der Waals surface area contributed by atoms with Crippen LogP contribution < -0.4 is 14.8 Å². The molecular formula is C15H15NO2. The summed E-state index contributed by atoms with van der Waals surface area (Å²) in [6, 6.07) is 15.4. The summed E-state index contributed by atoms with van der Waals surface area (Å²) in [7, 11) is 1.65. The van der Waals surface area contributed by atoms with Crippen LogP contribution in [-0.4, -0.2) is 7.11 Å². The van der Waals surface area contributed by atoms with Gasteiger partial charge in [-0.25, -0.2) is 0 Å². The van der Waals surface area contributed by atoms with Crippen molar-refractivity contribution in [2.24, 2.45) is 0 Å². The third-order valence-corrected chi connectivity index (χ3v) is 2.45. The van der Waals surface area contributed by atoms with E-state index in [1.54, 1.807) is 7.11 Å². The summed E-state index contributed by atoms with van der Waals surface area (Å²) >= 11 is 0. The molecule has 0 unspecified atom stereocenters. The molecule has 0 atom stereocenters. The summed E-state index contributed by atoms with van der Waals surface area (Å²) in [6.07, 6.45) is 1.41. The minimum Gasteiger partial charge on any atom is -0.497 e. The van der Waals surface area contributed by atoms with E-state index in [1.165, 1.54) is 6.26 Å². The first-order valence-corrected chi connectivity index (χ1v) is 5.60. The third-order valence-electron chi connectivity index (χ3n) is 2.45. The highest BCUT2D eigenvalue weighted by Crippen LogP contribution is 2.21. The maximum Gasteiger partial charge on any atom is 0.126 e. The number of methoxy groups -OCH3 is 1. The van der Waals surface area contributed by atoms with Gasteiger partial charge in [0.15, 0.2) is 0 Å². The van der Waals surface area contributed by atoms with Crippen LogP contribution in [0.4, 0.5) is 11.4 Å². The second-order valence-electron chi connectivity index (χ2n) is 3.66. The average molecular weight is 241 g/mol. The molecule has 0 aromatic heterocycles. The predicted molar refractivity (Wildman–Crippen MR) is 73.5 cm³/mol. The number of hydrogen-bond donors (Lipinski definition) is 1. The van der Waals surface area contributed by atoms with Gasteiger partial charge in [-0.05, 0) is 48.5 Å². The molecule has 0 radical (unpaired) electrons. The topological polar surface area (TPSA) is 30.5 Å². The zero-order valence-electron chi connectivity index (χ0n) is 10.2. The zero-order chi connectivity index (χ0) is 12.8. The second kappa shape index (κ2) is 5.77. The van der Waals surface area contributed by atoms with E-state index >= 15 is 0 Å². The van der Waals surface area contributed by atoms with Crippen molar-refractivity contribution in [3.05, 3.63) is 61.4 Å². The van der Waals surface area contributed by atoms with Gasteiger partial charge in [0, 0.05) is 11.4 Å². The molecule has 0 saturated carbocycles. The van der Waals surface area contributed by atoms with Gasteiger partial charge in [0.1, 0.15) is 11.5 Å². The van der Waals surface area contributed by atoms with Crippen LogP contribution in [0.5, 0.6) is 11.5 Å². The van der Waals surface area contributed by atoms with Crippen LogP contribution in [0.2, 0.25) is 0 Å². The molecule has 0 aliphatic heterocycles. The van der Waals surface area contributed by atoms with Crippen molar-refractivity contribution in [3.63, 3.8) is 0 Å². The van der Waals surface area contributed by atoms with E-state index < -0.39 is 0 Å². The van der Waals surface area contributed by atoms with Gasteiger partial charge in [0.2, 0.25) is 0 Å². The first kappa shape index (κ1) is 12.0. The van der Waals surface area contributed by atoms with E-state index in [2.05, 4.69) is 11.9 Å². The molecule has 0 fully saturated rings. The van der Waals surface area contributed by atoms with Crippen LogP contribution in [0, 0.1) is 0 Å². The van der Waals surface area contributed by atoms with Crippen LogP contribution in [0.15, 0.2) is 61.4 Å². The van der Waals surface area contributed by atoms with Crippen molar-refractivity contribution in [2.45, 2.75) is 0 Å². The first-order valence-electron chi connectivity index (χ1n) is 5.60. The van der Waals surface area contributed by atoms with Crippen LogP contribution >= 0.6 is 0 Å². The van der Waals surface area contributed by atoms with Gasteiger partial charge >= 0.3 is 0 Å². The average Bonchev–Trinajstić information content (AvgIpc) is 2.42. The van der Waals surface area contributed by atoms with Crippen molar-refractivity contribution in [2.75, 3.05) is 12.4 Å². The van der Waals surface area contributed by atoms with E-state index in [0.717, 1.165) is 22.9 Å². The molecule has 0 spiro atoms. The fraction of sp³-hybridized carbons (Fsp3) is 0.0667. The summed E-state index contributed by atoms with van der Waals surface area (Å²) in [6.45, 7) is 3.51. The molecule has 0 heterocycles. The molecule has 0 aliphatic carbocycles. The number of rotatable bonds is 5. The SMILES string of the molecule is C=COc1ccc(Nc2ccc(OC)cc2)cc1. The van der Waals surface area contributed by atoms with Gasteiger partial charge in [-0.2, -0.15) is 0 Å². The number of ether oxygens (including phenoxy) is 2. The molecule has 1 N–H and O–H groups in total. The fourth-order valence-electron chi connectivity index (χ4n) is 1.55. The summed E-state index contributed by atoms with van der Waals surface area (Å²) in [4.78, 5) is 0. The van der Waals surface area contributed by atoms with Crippen molar-refractivity contribution in [1.29, 1.82) is 0 Å². The Labute approximate surface area is 107 Å². The van der Waals surface area contributed by atoms with Crippen molar-refractivity contribution < 1.29 is 9.47 Å². The first-order chi connectivity index (χ1) is 8.81. The maximum absolute atomic E-state index is 5.16. The lowest BCUT2D eigenvalue weighted by atomic mass is 10.2. The number of hydrogen-bond acceptors (Lipinski definition) is 3. The molecule has 2 aromatic rings. The molecule has 0 aliphatic rings. The lowest BCUT2D eigenvalue weighted by molar-refractivity contribution is 0.415. The molecule has 2 aromatic carbocycles. The van der Waals surface area contributed by atoms with Gasteiger partial charge in [0.05, 0.1) is 13.4 Å². The minimum absolute atomic E-state index is 0.769. The standard InChI is InChI=1S/C15H15NO2/c1-3-18-15-10-6-13(7-11-15)16-12-4-8-14(17-2)9-5-12/h3-11,16H,1H2,2H3. The summed E-state index contributed by atoms with van der Waals surface area (Å²) in [5.74, 6) is 1.61. The van der Waals surface area contributed by atoms with E-state index in [1.807, 2.05) is 48.5 Å². The van der Waals surface area contributed by atoms with Crippen LogP contribution in [0.3, 0.4) is 0 Å². The molecule has 3 heteroatoms. The summed E-state index contributed by atoms with van der Waals surface area (Å²) in [5.41, 5.74) is 2.00. The van der Waals surface area contributed by atoms with Crippen molar-refractivity contribution in [1.82, 2.24) is 0 Å². The Morgan fingerprint density at radius 3 is 1.83 bits per heavy atom. The normalized spacial score (nSPS) is 9.61. The van der Waals surface area contributed by atoms with Crippen LogP contribution in [0.25, 0.3) is 0 Å². The zero-order valence-corrected chi connectivity index (χ0v) is 10.2. The van der Waals surface area contributed by atoms with E-state index in [-0.39, 0.29) is 0 Å². The summed E-state index contributed by atoms with van der Waals surface area (Å²) in [5, 5.41) is 3.29. The highest BCUT2D eigenvalue weighted by molar-refractivity contribution is 5.60. The maximum atomic E-state index is 5.16. The predicted octanol–water partition coefficient (Wildman–Crippen LogP) is 3.96. The van der Waals surface area contributed by atoms with Gasteiger partial charge < -0.3 is 14.8 Å². The van der Waals surface area contributed by atoms with E-state index in [0.29, 0.717) is 0 Å². The second-order valence-corrected chi connectivity index (χ2v) is 3.66. The smallest absolute Gasteiger partial charge is 0.126 e. The quantitative estimate of drug-likeness (QED) is 0.804. The van der Waals surface area contributed by atoms with Gasteiger partial charge in [-0.3, -0.25) is 0 Å². The molecule has 3 nitrogen and oxygen atoms in total. The Kier molecular flexibility index (Phi) is 3.86. The van der Waals surface area contributed by atoms with Crippen LogP contribution in [0.1, 0.15) is 0 Å². The Morgan fingerprint density at radius 2 is 1.39 bits per heavy atom. The van der Waals surface area contributed by atoms with E-state index in [4.69, 9.17) is 9.47 Å². The fourth-order valence-corrected chi connectivity index (χ4v) is 1.55. The van der Waals surface area contributed by atoms with Gasteiger partial charge in [-0.15, -0.1) is 0 Å². The highest BCUT2D eigenvalue weighted by Gasteiger charge is 1.96. The minimum atomic E-state index is 0.769. The van der Waals surface area contributed by atoms with Gasteiger partial charge in [-0.1, -0.05) is 6.58 Å².